The summed E-state index contributed by atoms with van der Waals surface area (Å²) in [6, 6.07) is 52.2. The number of hydrogen-bond acceptors (Lipinski definition) is 22. The molecule has 7 aromatic carbocycles. The van der Waals surface area contributed by atoms with Gasteiger partial charge in [-0.15, -0.1) is 0 Å². The number of ketones is 13. The fourth-order valence-corrected chi connectivity index (χ4v) is 14.8. The highest BCUT2D eigenvalue weighted by atomic mass is 79.9. The molecule has 0 amide bonds. The minimum atomic E-state index is -1.61. The molecular formula is C101H96BrCl7N14O17. The third kappa shape index (κ3) is 36.5. The molecule has 140 heavy (non-hydrogen) atoms. The summed E-state index contributed by atoms with van der Waals surface area (Å²) in [5, 5.41) is 54.3. The van der Waals surface area contributed by atoms with E-state index in [2.05, 4.69) is 56.7 Å². The zero-order valence-corrected chi connectivity index (χ0v) is 84.7. The van der Waals surface area contributed by atoms with E-state index in [4.69, 9.17) is 91.4 Å². The number of carboxylic acid groups (broad SMARTS) is 2. The average molecular weight is 2110 g/mol. The predicted molar refractivity (Wildman–Crippen MR) is 535 cm³/mol. The minimum absolute atomic E-state index is 0.0415. The van der Waals surface area contributed by atoms with Gasteiger partial charge in [-0.05, 0) is 193 Å². The van der Waals surface area contributed by atoms with Crippen LogP contribution in [-0.4, -0.2) is 166 Å². The van der Waals surface area contributed by atoms with Crippen LogP contribution in [0.15, 0.2) is 213 Å². The van der Waals surface area contributed by atoms with Gasteiger partial charge < -0.3 is 10.2 Å². The number of aromatic amines is 1. The van der Waals surface area contributed by atoms with Gasteiger partial charge in [-0.3, -0.25) is 95.5 Å². The summed E-state index contributed by atoms with van der Waals surface area (Å²) < 4.78 is 10.0. The largest absolute Gasteiger partial charge is 0.475 e. The lowest BCUT2D eigenvalue weighted by atomic mass is 10.1. The van der Waals surface area contributed by atoms with Crippen LogP contribution in [0, 0.1) is 48.5 Å². The number of alkyl halides is 1. The van der Waals surface area contributed by atoms with E-state index in [0.29, 0.717) is 120 Å². The predicted octanol–water partition coefficient (Wildman–Crippen LogP) is 19.8. The molecule has 39 heteroatoms. The van der Waals surface area contributed by atoms with Gasteiger partial charge in [-0.1, -0.05) is 182 Å². The lowest BCUT2D eigenvalue weighted by Gasteiger charge is -2.06. The molecule has 0 unspecified atom stereocenters. The molecule has 7 aromatic heterocycles. The van der Waals surface area contributed by atoms with Crippen molar-refractivity contribution in [1.29, 1.82) is 0 Å². The number of halogens is 8. The third-order valence-electron chi connectivity index (χ3n) is 20.3. The molecule has 0 saturated heterocycles. The zero-order valence-electron chi connectivity index (χ0n) is 77.8. The lowest BCUT2D eigenvalue weighted by Crippen LogP contribution is -2.17. The van der Waals surface area contributed by atoms with Crippen LogP contribution in [0.2, 0.25) is 35.2 Å². The monoisotopic (exact) mass is 2100 g/mol. The maximum absolute atomic E-state index is 12.1. The van der Waals surface area contributed by atoms with E-state index in [1.807, 2.05) is 159 Å². The number of benzene rings is 7. The number of Topliss-reactive ketones (excluding diaryl/α,β-unsaturated/α-hetero) is 13. The molecule has 14 aromatic rings. The van der Waals surface area contributed by atoms with Crippen molar-refractivity contribution in [3.63, 3.8) is 0 Å². The molecule has 728 valence electrons. The number of H-pyrrole nitrogens is 1. The van der Waals surface area contributed by atoms with E-state index >= 15 is 0 Å². The van der Waals surface area contributed by atoms with Gasteiger partial charge >= 0.3 is 11.9 Å². The van der Waals surface area contributed by atoms with Crippen molar-refractivity contribution >= 4 is 184 Å². The van der Waals surface area contributed by atoms with Crippen molar-refractivity contribution in [3.05, 3.63) is 366 Å². The molecule has 0 fully saturated rings. The Morgan fingerprint density at radius 2 is 0.550 bits per heavy atom. The summed E-state index contributed by atoms with van der Waals surface area (Å²) in [6.45, 7) is 22.3. The molecule has 3 N–H and O–H groups in total. The molecule has 31 nitrogen and oxygen atoms in total. The van der Waals surface area contributed by atoms with Crippen LogP contribution in [0.5, 0.6) is 0 Å². The van der Waals surface area contributed by atoms with E-state index in [9.17, 15) is 71.9 Å². The first kappa shape index (κ1) is 113. The Labute approximate surface area is 848 Å². The van der Waals surface area contributed by atoms with Crippen LogP contribution < -0.4 is 0 Å². The maximum Gasteiger partial charge on any atom is 0.372 e. The molecule has 7 heterocycles. The second-order valence-corrected chi connectivity index (χ2v) is 34.9. The fraction of sp³-hybridized carbons (Fsp3) is 0.228. The summed E-state index contributed by atoms with van der Waals surface area (Å²) >= 11 is 44.6. The van der Waals surface area contributed by atoms with E-state index in [0.717, 1.165) is 74.7 Å². The molecule has 0 spiro atoms. The topological polar surface area (TPSA) is 432 Å². The summed E-state index contributed by atoms with van der Waals surface area (Å²) in [6.07, 6.45) is 8.63. The SMILES string of the molecule is CC(=O)C(=O)CC(=O)c1cn(Cc2cccc(Cl)c2)nc1C.CC(=O)C(=O)CC(=O)c1cnn(Cc2cccc(Cl)c2)c1C.CC(=O)c1cn(Cc2cccc(Cl)c2)nc1C.CC(=O)c1cn[nH]c1C.CC(=O)c1cnn(Cc2cccc(Cl)c2)c1C.Cc1c(C(=O)CC(=O)C(=O)O)cnn1Cc1cccc(Cl)c1.Cc1nn(Cc2cccc(Cl)c2)cc1C(=O)CC(=O)C(=O)O.Clc1cccc(CBr)c1. The van der Waals surface area contributed by atoms with Crippen LogP contribution in [0.25, 0.3) is 0 Å². The van der Waals surface area contributed by atoms with Crippen molar-refractivity contribution < 1.29 is 82.1 Å². The summed E-state index contributed by atoms with van der Waals surface area (Å²) in [5.41, 5.74) is 15.0. The maximum atomic E-state index is 12.1. The Kier molecular flexibility index (Phi) is 44.5. The molecule has 0 saturated carbocycles. The molecule has 0 atom stereocenters. The van der Waals surface area contributed by atoms with Gasteiger partial charge in [0.1, 0.15) is 0 Å². The normalized spacial score (nSPS) is 10.4. The standard InChI is InChI=1S/2C16H15ClN2O3.2C15H13ClN2O4.2C13H13ClN2O.C7H6BrCl.C6H8N2O/c1-10-14(16(22)7-15(21)11(2)20)8-18-19(10)9-12-4-3-5-13(17)6-12;1-10-14(16(22)7-15(21)11(2)20)9-19(18-10)8-12-4-3-5-13(17)6-12;1-9-12(13(19)6-14(20)15(21)22)7-17-18(9)8-10-3-2-4-11(16)5-10;1-9-12(13(19)6-14(20)15(21)22)8-18(17-9)7-10-3-2-4-11(16)5-10;1-9-13(10(2)17)7-15-16(9)8-11-4-3-5-12(14)6-11;1-9-13(10(2)17)8-16(15-9)7-11-4-3-5-12(14)6-11;8-5-6-2-1-3-7(9)4-6;1-4-6(5(2)9)3-7-8-4/h3-6,8H,7,9H2,1-2H3;3-6,9H,7-8H2,1-2H3;2-5,7H,6,8H2,1H3,(H,21,22);2-5,8H,6-7H2,1H3,(H,21,22);3-7H,8H2,1-2H3;3-6,8H,7H2,1-2H3;1-4H,5H2;3H,1-2H3,(H,7,8). The number of aryl methyl sites for hydroxylation is 4. The van der Waals surface area contributed by atoms with Gasteiger partial charge in [-0.25, -0.2) is 9.59 Å². The number of aromatic nitrogens is 14. The molecule has 0 bridgehead atoms. The highest BCUT2D eigenvalue weighted by Gasteiger charge is 2.26. The van der Waals surface area contributed by atoms with E-state index in [1.165, 1.54) is 37.3 Å². The van der Waals surface area contributed by atoms with Crippen LogP contribution in [-0.2, 0) is 83.0 Å². The summed E-state index contributed by atoms with van der Waals surface area (Å²) in [4.78, 5) is 169. The van der Waals surface area contributed by atoms with E-state index < -0.39 is 95.5 Å². The number of carboxylic acids is 2. The van der Waals surface area contributed by atoms with Gasteiger partial charge in [-0.2, -0.15) is 35.7 Å². The van der Waals surface area contributed by atoms with Gasteiger partial charge in [0.25, 0.3) is 0 Å². The van der Waals surface area contributed by atoms with Crippen molar-refractivity contribution in [1.82, 2.24) is 68.9 Å². The van der Waals surface area contributed by atoms with Crippen molar-refractivity contribution in [2.75, 3.05) is 0 Å². The van der Waals surface area contributed by atoms with Crippen LogP contribution in [0.4, 0.5) is 0 Å². The van der Waals surface area contributed by atoms with E-state index in [-0.39, 0.29) is 28.5 Å². The minimum Gasteiger partial charge on any atom is -0.475 e. The Balaban J connectivity index is 0.000000221. The van der Waals surface area contributed by atoms with Crippen LogP contribution in [0.1, 0.15) is 212 Å². The van der Waals surface area contributed by atoms with Gasteiger partial charge in [0.2, 0.25) is 23.1 Å². The quantitative estimate of drug-likeness (QED) is 0.0152. The molecule has 14 rings (SSSR count). The van der Waals surface area contributed by atoms with Crippen molar-refractivity contribution in [2.24, 2.45) is 0 Å². The number of aliphatic carboxylic acids is 2. The second kappa shape index (κ2) is 55.1. The Bertz CT molecular complexity index is 6580. The molecule has 0 aliphatic rings. The molecule has 0 aliphatic carbocycles. The van der Waals surface area contributed by atoms with Crippen LogP contribution >= 0.6 is 97.1 Å². The Morgan fingerprint density at radius 3 is 0.779 bits per heavy atom. The fourth-order valence-electron chi connectivity index (χ4n) is 13.0. The summed E-state index contributed by atoms with van der Waals surface area (Å²) in [7, 11) is 0. The van der Waals surface area contributed by atoms with Gasteiger partial charge in [0.05, 0.1) is 146 Å². The molecule has 0 aliphatic heterocycles. The smallest absolute Gasteiger partial charge is 0.372 e. The number of hydrogen-bond donors (Lipinski definition) is 3. The van der Waals surface area contributed by atoms with Crippen molar-refractivity contribution in [2.45, 2.75) is 153 Å². The van der Waals surface area contributed by atoms with E-state index in [1.54, 1.807) is 120 Å². The summed E-state index contributed by atoms with van der Waals surface area (Å²) in [5.74, 6) is -9.85. The third-order valence-corrected chi connectivity index (χ3v) is 22.6. The Hall–Kier alpha value is -13.8. The Morgan fingerprint density at radius 1 is 0.307 bits per heavy atom. The lowest BCUT2D eigenvalue weighted by molar-refractivity contribution is -0.148. The number of rotatable bonds is 32. The number of nitrogens with zero attached hydrogens (tertiary/aromatic N) is 13. The van der Waals surface area contributed by atoms with Gasteiger partial charge in [0.15, 0.2) is 52.0 Å². The first-order valence-corrected chi connectivity index (χ1v) is 46.2. The highest BCUT2D eigenvalue weighted by molar-refractivity contribution is 9.08. The first-order chi connectivity index (χ1) is 66.2. The number of carbonyl (C=O) groups excluding carboxylic acids is 13. The number of carbonyl (C=O) groups is 15. The van der Waals surface area contributed by atoms with Crippen LogP contribution in [0.3, 0.4) is 0 Å². The van der Waals surface area contributed by atoms with Gasteiger partial charge in [0, 0.05) is 95.7 Å². The average Bonchev–Trinajstić information content (AvgIpc) is 1.70. The highest BCUT2D eigenvalue weighted by Crippen LogP contribution is 2.24. The molecule has 0 radical (unpaired) electrons. The first-order valence-electron chi connectivity index (χ1n) is 42.4. The van der Waals surface area contributed by atoms with Crippen molar-refractivity contribution in [3.8, 4) is 0 Å². The molecular weight excluding hydrogens is 2010 g/mol. The number of nitrogens with one attached hydrogen (secondary N) is 1. The second-order valence-electron chi connectivity index (χ2n) is 31.3. The zero-order chi connectivity index (χ0) is 103.